The Morgan fingerprint density at radius 3 is 2.22 bits per heavy atom. The lowest BCUT2D eigenvalue weighted by atomic mass is 10.1. The van der Waals surface area contributed by atoms with E-state index in [9.17, 15) is 9.59 Å². The number of carboxylic acids is 1. The van der Waals surface area contributed by atoms with Crippen LogP contribution < -0.4 is 16.0 Å². The highest BCUT2D eigenvalue weighted by Gasteiger charge is 2.13. The zero-order valence-corrected chi connectivity index (χ0v) is 14.2. The van der Waals surface area contributed by atoms with Gasteiger partial charge >= 0.3 is 5.97 Å². The number of halogens is 2. The molecule has 6 nitrogen and oxygen atoms in total. The number of carboxylic acid groups (broad SMARTS) is 1. The van der Waals surface area contributed by atoms with Crippen molar-refractivity contribution in [1.29, 1.82) is 0 Å². The van der Waals surface area contributed by atoms with Crippen LogP contribution in [0.2, 0.25) is 0 Å². The Hall–Kier alpha value is -1.50. The molecule has 1 atom stereocenters. The minimum atomic E-state index is -1.11. The summed E-state index contributed by atoms with van der Waals surface area (Å²) in [6.07, 6.45) is 0.151. The minimum Gasteiger partial charge on any atom is -0.480 e. The van der Waals surface area contributed by atoms with Crippen LogP contribution in [0.3, 0.4) is 0 Å². The number of nitrogens with one attached hydrogen (secondary N) is 1. The molecule has 128 valence electrons. The van der Waals surface area contributed by atoms with Gasteiger partial charge in [0.25, 0.3) is 0 Å². The van der Waals surface area contributed by atoms with Crippen molar-refractivity contribution in [3.8, 4) is 0 Å². The van der Waals surface area contributed by atoms with Crippen LogP contribution in [0.15, 0.2) is 24.3 Å². The van der Waals surface area contributed by atoms with Crippen LogP contribution >= 0.6 is 23.2 Å². The van der Waals surface area contributed by atoms with Gasteiger partial charge in [-0.05, 0) is 30.7 Å². The summed E-state index contributed by atoms with van der Waals surface area (Å²) in [4.78, 5) is 24.4. The fourth-order valence-electron chi connectivity index (χ4n) is 1.96. The average molecular weight is 362 g/mol. The molecule has 1 rings (SSSR count). The molecule has 4 N–H and O–H groups in total. The first-order valence-corrected chi connectivity index (χ1v) is 8.30. The zero-order valence-electron chi connectivity index (χ0n) is 12.7. The van der Waals surface area contributed by atoms with Gasteiger partial charge in [0.15, 0.2) is 0 Å². The van der Waals surface area contributed by atoms with Gasteiger partial charge in [-0.15, -0.1) is 23.2 Å². The van der Waals surface area contributed by atoms with Gasteiger partial charge in [0, 0.05) is 42.6 Å². The quantitative estimate of drug-likeness (QED) is 0.554. The first kappa shape index (κ1) is 19.5. The summed E-state index contributed by atoms with van der Waals surface area (Å²) >= 11 is 11.5. The van der Waals surface area contributed by atoms with Crippen molar-refractivity contribution in [2.75, 3.05) is 35.1 Å². The highest BCUT2D eigenvalue weighted by molar-refractivity contribution is 6.18. The molecule has 0 aliphatic rings. The van der Waals surface area contributed by atoms with Crippen LogP contribution in [0.4, 0.5) is 11.4 Å². The Morgan fingerprint density at radius 2 is 1.74 bits per heavy atom. The van der Waals surface area contributed by atoms with E-state index < -0.39 is 12.0 Å². The van der Waals surface area contributed by atoms with Crippen LogP contribution in [0, 0.1) is 0 Å². The third-order valence-electron chi connectivity index (χ3n) is 3.22. The lowest BCUT2D eigenvalue weighted by Crippen LogP contribution is -2.31. The molecule has 1 aromatic carbocycles. The van der Waals surface area contributed by atoms with Gasteiger partial charge in [-0.25, -0.2) is 0 Å². The summed E-state index contributed by atoms with van der Waals surface area (Å²) in [5.74, 6) is -0.382. The molecule has 8 heteroatoms. The van der Waals surface area contributed by atoms with Crippen molar-refractivity contribution in [1.82, 2.24) is 0 Å². The normalized spacial score (nSPS) is 11.8. The van der Waals surface area contributed by atoms with E-state index in [0.29, 0.717) is 30.5 Å². The highest BCUT2D eigenvalue weighted by atomic mass is 35.5. The summed E-state index contributed by atoms with van der Waals surface area (Å²) < 4.78 is 0. The predicted octanol–water partition coefficient (Wildman–Crippen LogP) is 2.10. The molecule has 0 unspecified atom stereocenters. The molecule has 0 spiro atoms. The number of amides is 1. The molecule has 0 bridgehead atoms. The van der Waals surface area contributed by atoms with Gasteiger partial charge in [0.1, 0.15) is 6.04 Å². The fraction of sp³-hybridized carbons (Fsp3) is 0.467. The van der Waals surface area contributed by atoms with Crippen molar-refractivity contribution < 1.29 is 14.7 Å². The van der Waals surface area contributed by atoms with Crippen molar-refractivity contribution in [2.24, 2.45) is 5.73 Å². The molecule has 0 radical (unpaired) electrons. The number of benzene rings is 1. The van der Waals surface area contributed by atoms with Crippen LogP contribution in [0.5, 0.6) is 0 Å². The molecular formula is C15H21Cl2N3O3. The number of hydrogen-bond donors (Lipinski definition) is 3. The summed E-state index contributed by atoms with van der Waals surface area (Å²) in [6.45, 7) is 1.38. The third kappa shape index (κ3) is 7.07. The fourth-order valence-corrected chi connectivity index (χ4v) is 2.37. The van der Waals surface area contributed by atoms with Gasteiger partial charge < -0.3 is 21.1 Å². The lowest BCUT2D eigenvalue weighted by Gasteiger charge is -2.23. The summed E-state index contributed by atoms with van der Waals surface area (Å²) in [7, 11) is 0. The summed E-state index contributed by atoms with van der Waals surface area (Å²) in [5.41, 5.74) is 6.97. The molecule has 23 heavy (non-hydrogen) atoms. The predicted molar refractivity (Wildman–Crippen MR) is 93.6 cm³/mol. The molecular weight excluding hydrogens is 341 g/mol. The van der Waals surface area contributed by atoms with Gasteiger partial charge in [-0.3, -0.25) is 9.59 Å². The van der Waals surface area contributed by atoms with Gasteiger partial charge in [-0.1, -0.05) is 0 Å². The topological polar surface area (TPSA) is 95.7 Å². The van der Waals surface area contributed by atoms with Crippen molar-refractivity contribution in [3.63, 3.8) is 0 Å². The average Bonchev–Trinajstić information content (AvgIpc) is 2.53. The number of nitrogens with zero attached hydrogens (tertiary/aromatic N) is 1. The summed E-state index contributed by atoms with van der Waals surface area (Å²) in [5, 5.41) is 11.4. The molecule has 0 heterocycles. The molecule has 0 saturated carbocycles. The Morgan fingerprint density at radius 1 is 1.17 bits per heavy atom. The number of hydrogen-bond acceptors (Lipinski definition) is 4. The minimum absolute atomic E-state index is 0.0554. The van der Waals surface area contributed by atoms with Crippen molar-refractivity contribution in [3.05, 3.63) is 24.3 Å². The molecule has 1 aromatic rings. The van der Waals surface area contributed by atoms with Crippen LogP contribution in [0.1, 0.15) is 12.8 Å². The van der Waals surface area contributed by atoms with E-state index >= 15 is 0 Å². The van der Waals surface area contributed by atoms with Gasteiger partial charge in [-0.2, -0.15) is 0 Å². The monoisotopic (exact) mass is 361 g/mol. The molecule has 1 amide bonds. The molecule has 0 fully saturated rings. The Bertz CT molecular complexity index is 505. The maximum Gasteiger partial charge on any atom is 0.320 e. The largest absolute Gasteiger partial charge is 0.480 e. The van der Waals surface area contributed by atoms with Crippen LogP contribution in [-0.4, -0.2) is 47.9 Å². The maximum absolute atomic E-state index is 11.8. The number of carbonyl (C=O) groups is 2. The van der Waals surface area contributed by atoms with E-state index in [0.717, 1.165) is 5.69 Å². The second-order valence-electron chi connectivity index (χ2n) is 4.94. The van der Waals surface area contributed by atoms with Crippen LogP contribution in [-0.2, 0) is 9.59 Å². The van der Waals surface area contributed by atoms with E-state index in [1.165, 1.54) is 0 Å². The molecule has 0 aromatic heterocycles. The van der Waals surface area contributed by atoms with E-state index in [4.69, 9.17) is 34.0 Å². The van der Waals surface area contributed by atoms with Gasteiger partial charge in [0.2, 0.25) is 5.91 Å². The Kier molecular flexibility index (Phi) is 8.76. The second kappa shape index (κ2) is 10.3. The third-order valence-corrected chi connectivity index (χ3v) is 3.56. The van der Waals surface area contributed by atoms with Gasteiger partial charge in [0.05, 0.1) is 0 Å². The highest BCUT2D eigenvalue weighted by Crippen LogP contribution is 2.18. The summed E-state index contributed by atoms with van der Waals surface area (Å²) in [6, 6.07) is 6.28. The standard InChI is InChI=1S/C15H21Cl2N3O3/c16-7-9-20(10-8-17)12-3-1-11(2-4-12)19-14(21)6-5-13(18)15(22)23/h1-4,13H,5-10,18H2,(H,19,21)(H,22,23)/t13-/m1/s1. The van der Waals surface area contributed by atoms with E-state index in [2.05, 4.69) is 10.2 Å². The smallest absolute Gasteiger partial charge is 0.320 e. The molecule has 0 aliphatic carbocycles. The number of rotatable bonds is 10. The number of nitrogens with two attached hydrogens (primary N) is 1. The van der Waals surface area contributed by atoms with E-state index in [-0.39, 0.29) is 18.7 Å². The van der Waals surface area contributed by atoms with E-state index in [1.807, 2.05) is 12.1 Å². The van der Waals surface area contributed by atoms with E-state index in [1.54, 1.807) is 12.1 Å². The Balaban J connectivity index is 2.55. The second-order valence-corrected chi connectivity index (χ2v) is 5.70. The number of anilines is 2. The SMILES string of the molecule is N[C@H](CCC(=O)Nc1ccc(N(CCCl)CCCl)cc1)C(=O)O. The molecule has 0 aliphatic heterocycles. The first-order valence-electron chi connectivity index (χ1n) is 7.23. The maximum atomic E-state index is 11.8. The Labute approximate surface area is 145 Å². The zero-order chi connectivity index (χ0) is 17.2. The lowest BCUT2D eigenvalue weighted by molar-refractivity contribution is -0.138. The van der Waals surface area contributed by atoms with Crippen LogP contribution in [0.25, 0.3) is 0 Å². The molecule has 0 saturated heterocycles. The van der Waals surface area contributed by atoms with Crippen molar-refractivity contribution >= 4 is 46.5 Å². The number of alkyl halides is 2. The van der Waals surface area contributed by atoms with Crippen molar-refractivity contribution in [2.45, 2.75) is 18.9 Å². The number of aliphatic carboxylic acids is 1. The number of carbonyl (C=O) groups excluding carboxylic acids is 1. The first-order chi connectivity index (χ1) is 11.0.